The van der Waals surface area contributed by atoms with Gasteiger partial charge in [-0.05, 0) is 45.6 Å². The van der Waals surface area contributed by atoms with Gasteiger partial charge in [0.1, 0.15) is 5.60 Å². The predicted molar refractivity (Wildman–Crippen MR) is 84.3 cm³/mol. The maximum atomic E-state index is 12.2. The Morgan fingerprint density at radius 2 is 1.81 bits per heavy atom. The van der Waals surface area contributed by atoms with E-state index in [9.17, 15) is 4.79 Å². The van der Waals surface area contributed by atoms with Crippen LogP contribution in [0, 0.1) is 0 Å². The zero-order valence-electron chi connectivity index (χ0n) is 13.3. The van der Waals surface area contributed by atoms with Crippen LogP contribution in [0.25, 0.3) is 0 Å². The van der Waals surface area contributed by atoms with Crippen molar-refractivity contribution >= 4 is 6.09 Å². The van der Waals surface area contributed by atoms with E-state index in [-0.39, 0.29) is 12.7 Å². The Balaban J connectivity index is 2.56. The lowest BCUT2D eigenvalue weighted by Crippen LogP contribution is -2.38. The molecule has 0 bridgehead atoms. The van der Waals surface area contributed by atoms with E-state index in [1.165, 1.54) is 5.56 Å². The highest BCUT2D eigenvalue weighted by Gasteiger charge is 2.21. The molecule has 0 aliphatic carbocycles. The van der Waals surface area contributed by atoms with Gasteiger partial charge in [0, 0.05) is 19.7 Å². The van der Waals surface area contributed by atoms with E-state index in [2.05, 4.69) is 12.1 Å². The molecule has 0 aliphatic rings. The van der Waals surface area contributed by atoms with Crippen molar-refractivity contribution in [1.29, 1.82) is 0 Å². The number of rotatable bonds is 7. The minimum Gasteiger partial charge on any atom is -0.444 e. The van der Waals surface area contributed by atoms with Crippen molar-refractivity contribution in [2.24, 2.45) is 0 Å². The van der Waals surface area contributed by atoms with Crippen LogP contribution < -0.4 is 0 Å². The molecule has 21 heavy (non-hydrogen) atoms. The topological polar surface area (TPSA) is 49.8 Å². The maximum Gasteiger partial charge on any atom is 0.410 e. The number of amides is 1. The van der Waals surface area contributed by atoms with E-state index in [0.717, 1.165) is 12.8 Å². The highest BCUT2D eigenvalue weighted by atomic mass is 16.6. The number of aliphatic hydroxyl groups is 1. The fourth-order valence-corrected chi connectivity index (χ4v) is 1.94. The SMILES string of the molecule is CC(C)(C)OC(=O)N(CCCCO)CCc1ccccc1. The van der Waals surface area contributed by atoms with Crippen LogP contribution in [0.15, 0.2) is 30.3 Å². The largest absolute Gasteiger partial charge is 0.444 e. The second-order valence-electron chi connectivity index (χ2n) is 6.13. The summed E-state index contributed by atoms with van der Waals surface area (Å²) in [5, 5.41) is 8.88. The zero-order valence-corrected chi connectivity index (χ0v) is 13.3. The first-order valence-corrected chi connectivity index (χ1v) is 7.55. The number of carbonyl (C=O) groups is 1. The normalized spacial score (nSPS) is 11.2. The molecule has 118 valence electrons. The summed E-state index contributed by atoms with van der Waals surface area (Å²) in [6.45, 7) is 7.00. The third-order valence-electron chi connectivity index (χ3n) is 3.00. The fraction of sp³-hybridized carbons (Fsp3) is 0.588. The Kier molecular flexibility index (Phi) is 7.23. The molecule has 4 nitrogen and oxygen atoms in total. The van der Waals surface area contributed by atoms with Crippen molar-refractivity contribution in [2.45, 2.75) is 45.6 Å². The molecule has 0 aromatic heterocycles. The number of unbranched alkanes of at least 4 members (excludes halogenated alkanes) is 1. The van der Waals surface area contributed by atoms with E-state index in [1.54, 1.807) is 4.90 Å². The standard InChI is InChI=1S/C17H27NO3/c1-17(2,3)21-16(20)18(12-7-8-14-19)13-11-15-9-5-4-6-10-15/h4-6,9-10,19H,7-8,11-14H2,1-3H3. The van der Waals surface area contributed by atoms with Crippen LogP contribution in [-0.2, 0) is 11.2 Å². The number of hydrogen-bond acceptors (Lipinski definition) is 3. The third kappa shape index (κ3) is 7.71. The summed E-state index contributed by atoms with van der Waals surface area (Å²) in [7, 11) is 0. The predicted octanol–water partition coefficient (Wildman–Crippen LogP) is 3.24. The molecule has 0 radical (unpaired) electrons. The summed E-state index contributed by atoms with van der Waals surface area (Å²) in [4.78, 5) is 13.9. The molecule has 0 aliphatic heterocycles. The van der Waals surface area contributed by atoms with Crippen LogP contribution in [0.4, 0.5) is 4.79 Å². The second kappa shape index (κ2) is 8.67. The lowest BCUT2D eigenvalue weighted by molar-refractivity contribution is 0.0246. The minimum absolute atomic E-state index is 0.154. The van der Waals surface area contributed by atoms with Gasteiger partial charge in [0.15, 0.2) is 0 Å². The Labute approximate surface area is 127 Å². The van der Waals surface area contributed by atoms with Crippen LogP contribution in [0.3, 0.4) is 0 Å². The molecule has 0 heterocycles. The van der Waals surface area contributed by atoms with Gasteiger partial charge in [0.25, 0.3) is 0 Å². The Morgan fingerprint density at radius 3 is 2.38 bits per heavy atom. The first kappa shape index (κ1) is 17.5. The molecule has 1 N–H and O–H groups in total. The lowest BCUT2D eigenvalue weighted by Gasteiger charge is -2.27. The Bertz CT molecular complexity index is 412. The fourth-order valence-electron chi connectivity index (χ4n) is 1.94. The molecule has 0 fully saturated rings. The number of ether oxygens (including phenoxy) is 1. The molecule has 0 unspecified atom stereocenters. The van der Waals surface area contributed by atoms with Gasteiger partial charge in [-0.1, -0.05) is 30.3 Å². The number of benzene rings is 1. The Hall–Kier alpha value is -1.55. The molecular formula is C17H27NO3. The first-order valence-electron chi connectivity index (χ1n) is 7.55. The highest BCUT2D eigenvalue weighted by molar-refractivity contribution is 5.68. The van der Waals surface area contributed by atoms with Crippen molar-refractivity contribution < 1.29 is 14.6 Å². The van der Waals surface area contributed by atoms with Crippen LogP contribution in [0.5, 0.6) is 0 Å². The smallest absolute Gasteiger partial charge is 0.410 e. The molecule has 1 aromatic rings. The molecule has 0 saturated heterocycles. The summed E-state index contributed by atoms with van der Waals surface area (Å²) < 4.78 is 5.44. The molecule has 0 spiro atoms. The average Bonchev–Trinajstić information content (AvgIpc) is 2.41. The van der Waals surface area contributed by atoms with Gasteiger partial charge in [-0.3, -0.25) is 0 Å². The zero-order chi connectivity index (χ0) is 15.7. The van der Waals surface area contributed by atoms with Crippen molar-refractivity contribution in [2.75, 3.05) is 19.7 Å². The first-order chi connectivity index (χ1) is 9.92. The molecule has 0 atom stereocenters. The quantitative estimate of drug-likeness (QED) is 0.785. The summed E-state index contributed by atoms with van der Waals surface area (Å²) >= 11 is 0. The van der Waals surface area contributed by atoms with Gasteiger partial charge in [-0.2, -0.15) is 0 Å². The van der Waals surface area contributed by atoms with E-state index in [4.69, 9.17) is 9.84 Å². The number of aliphatic hydroxyl groups excluding tert-OH is 1. The summed E-state index contributed by atoms with van der Waals surface area (Å²) in [6, 6.07) is 10.1. The van der Waals surface area contributed by atoms with Crippen molar-refractivity contribution in [1.82, 2.24) is 4.90 Å². The summed E-state index contributed by atoms with van der Waals surface area (Å²) in [6.07, 6.45) is 2.00. The number of carbonyl (C=O) groups excluding carboxylic acids is 1. The van der Waals surface area contributed by atoms with E-state index >= 15 is 0 Å². The van der Waals surface area contributed by atoms with Gasteiger partial charge in [0.2, 0.25) is 0 Å². The summed E-state index contributed by atoms with van der Waals surface area (Å²) in [5.41, 5.74) is 0.715. The average molecular weight is 293 g/mol. The molecule has 1 aromatic carbocycles. The lowest BCUT2D eigenvalue weighted by atomic mass is 10.1. The van der Waals surface area contributed by atoms with E-state index in [0.29, 0.717) is 19.5 Å². The van der Waals surface area contributed by atoms with Gasteiger partial charge in [0.05, 0.1) is 0 Å². The summed E-state index contributed by atoms with van der Waals surface area (Å²) in [5.74, 6) is 0. The van der Waals surface area contributed by atoms with E-state index in [1.807, 2.05) is 39.0 Å². The van der Waals surface area contributed by atoms with Crippen LogP contribution in [0.1, 0.15) is 39.2 Å². The Morgan fingerprint density at radius 1 is 1.14 bits per heavy atom. The minimum atomic E-state index is -0.487. The number of nitrogens with zero attached hydrogens (tertiary/aromatic N) is 1. The van der Waals surface area contributed by atoms with Gasteiger partial charge in [-0.15, -0.1) is 0 Å². The van der Waals surface area contributed by atoms with Gasteiger partial charge in [-0.25, -0.2) is 4.79 Å². The van der Waals surface area contributed by atoms with Crippen molar-refractivity contribution in [3.63, 3.8) is 0 Å². The molecule has 1 rings (SSSR count). The van der Waals surface area contributed by atoms with Crippen LogP contribution >= 0.6 is 0 Å². The molecule has 4 heteroatoms. The molecule has 1 amide bonds. The van der Waals surface area contributed by atoms with Crippen LogP contribution in [0.2, 0.25) is 0 Å². The maximum absolute atomic E-state index is 12.2. The van der Waals surface area contributed by atoms with E-state index < -0.39 is 5.60 Å². The monoisotopic (exact) mass is 293 g/mol. The molecular weight excluding hydrogens is 266 g/mol. The molecule has 0 saturated carbocycles. The highest BCUT2D eigenvalue weighted by Crippen LogP contribution is 2.11. The third-order valence-corrected chi connectivity index (χ3v) is 3.00. The van der Waals surface area contributed by atoms with Crippen LogP contribution in [-0.4, -0.2) is 41.4 Å². The van der Waals surface area contributed by atoms with Crippen molar-refractivity contribution in [3.8, 4) is 0 Å². The number of hydrogen-bond donors (Lipinski definition) is 1. The van der Waals surface area contributed by atoms with Gasteiger partial charge < -0.3 is 14.7 Å². The second-order valence-corrected chi connectivity index (χ2v) is 6.13. The van der Waals surface area contributed by atoms with Gasteiger partial charge >= 0.3 is 6.09 Å². The van der Waals surface area contributed by atoms with Crippen molar-refractivity contribution in [3.05, 3.63) is 35.9 Å².